The Morgan fingerprint density at radius 1 is 1.25 bits per heavy atom. The largest absolute Gasteiger partial charge is 0.356 e. The molecule has 0 bridgehead atoms. The molecule has 0 saturated heterocycles. The number of nitrogens with zero attached hydrogens (tertiary/aromatic N) is 2. The number of carbonyl (C=O) groups is 1. The van der Waals surface area contributed by atoms with E-state index in [0.717, 1.165) is 18.2 Å². The van der Waals surface area contributed by atoms with E-state index in [-0.39, 0.29) is 35.8 Å². The lowest BCUT2D eigenvalue weighted by molar-refractivity contribution is -0.116. The molecule has 158 valence electrons. The predicted molar refractivity (Wildman–Crippen MR) is 129 cm³/mol. The van der Waals surface area contributed by atoms with Gasteiger partial charge in [0, 0.05) is 44.2 Å². The van der Waals surface area contributed by atoms with Crippen LogP contribution in [0.4, 0.5) is 5.69 Å². The molecule has 1 aliphatic heterocycles. The van der Waals surface area contributed by atoms with Crippen LogP contribution in [0.25, 0.3) is 0 Å². The van der Waals surface area contributed by atoms with Crippen LogP contribution in [0.1, 0.15) is 44.6 Å². The van der Waals surface area contributed by atoms with Crippen LogP contribution in [-0.4, -0.2) is 57.0 Å². The number of likely N-dealkylation sites (N-methyl/N-ethyl adjacent to an activating group) is 1. The van der Waals surface area contributed by atoms with E-state index < -0.39 is 0 Å². The van der Waals surface area contributed by atoms with Crippen molar-refractivity contribution < 1.29 is 4.79 Å². The molecule has 1 amide bonds. The molecule has 1 aliphatic rings. The van der Waals surface area contributed by atoms with Crippen LogP contribution in [-0.2, 0) is 4.79 Å². The third-order valence-corrected chi connectivity index (χ3v) is 5.58. The molecule has 2 rings (SSSR count). The molecule has 6 nitrogen and oxygen atoms in total. The maximum absolute atomic E-state index is 12.0. The summed E-state index contributed by atoms with van der Waals surface area (Å²) in [5.74, 6) is 1.66. The van der Waals surface area contributed by atoms with Crippen LogP contribution in [0.5, 0.6) is 0 Å². The van der Waals surface area contributed by atoms with Gasteiger partial charge in [-0.1, -0.05) is 44.9 Å². The zero-order valence-electron chi connectivity index (χ0n) is 17.8. The Morgan fingerprint density at radius 2 is 1.93 bits per heavy atom. The topological polar surface area (TPSA) is 68.8 Å². The van der Waals surface area contributed by atoms with Gasteiger partial charge in [0.05, 0.1) is 0 Å². The third-order valence-electron chi connectivity index (χ3n) is 5.58. The van der Waals surface area contributed by atoms with Crippen molar-refractivity contribution in [2.45, 2.75) is 45.1 Å². The Morgan fingerprint density at radius 3 is 2.54 bits per heavy atom. The van der Waals surface area contributed by atoms with Crippen LogP contribution in [0.15, 0.2) is 29.3 Å². The second kappa shape index (κ2) is 12.3. The summed E-state index contributed by atoms with van der Waals surface area (Å²) >= 11 is 0. The molecule has 1 heterocycles. The molecule has 0 spiro atoms. The van der Waals surface area contributed by atoms with Crippen molar-refractivity contribution in [3.8, 4) is 0 Å². The van der Waals surface area contributed by atoms with Crippen LogP contribution >= 0.6 is 24.0 Å². The average molecular weight is 501 g/mol. The van der Waals surface area contributed by atoms with Gasteiger partial charge in [-0.2, -0.15) is 0 Å². The molecule has 0 fully saturated rings. The highest BCUT2D eigenvalue weighted by Gasteiger charge is 2.25. The van der Waals surface area contributed by atoms with E-state index in [1.54, 1.807) is 7.05 Å². The number of hydrogen-bond donors (Lipinski definition) is 3. The molecule has 1 aromatic rings. The Labute approximate surface area is 187 Å². The van der Waals surface area contributed by atoms with E-state index in [1.165, 1.54) is 18.4 Å². The number of guanidine groups is 1. The Balaban J connectivity index is 0.00000392. The lowest BCUT2D eigenvalue weighted by Crippen LogP contribution is -2.48. The van der Waals surface area contributed by atoms with Crippen molar-refractivity contribution in [1.29, 1.82) is 0 Å². The minimum Gasteiger partial charge on any atom is -0.356 e. The van der Waals surface area contributed by atoms with E-state index in [2.05, 4.69) is 59.9 Å². The smallest absolute Gasteiger partial charge is 0.225 e. The molecule has 0 aliphatic carbocycles. The monoisotopic (exact) mass is 501 g/mol. The lowest BCUT2D eigenvalue weighted by Gasteiger charge is -2.32. The molecular formula is C21H36IN5O. The fourth-order valence-electron chi connectivity index (χ4n) is 3.93. The summed E-state index contributed by atoms with van der Waals surface area (Å²) in [5.41, 5.74) is 2.10. The van der Waals surface area contributed by atoms with Crippen molar-refractivity contribution in [1.82, 2.24) is 15.5 Å². The van der Waals surface area contributed by atoms with Gasteiger partial charge in [-0.15, -0.1) is 24.0 Å². The normalized spacial score (nSPS) is 17.6. The summed E-state index contributed by atoms with van der Waals surface area (Å²) in [6, 6.07) is 8.48. The number of halogens is 1. The van der Waals surface area contributed by atoms with Gasteiger partial charge in [0.15, 0.2) is 5.96 Å². The van der Waals surface area contributed by atoms with Gasteiger partial charge >= 0.3 is 0 Å². The van der Waals surface area contributed by atoms with Crippen molar-refractivity contribution in [3.63, 3.8) is 0 Å². The zero-order valence-corrected chi connectivity index (χ0v) is 20.1. The third kappa shape index (κ3) is 6.62. The SMILES string of the molecule is CCC(CC)C(CNC(=NC)NCC1CC(=O)Nc2ccccc21)N(C)C.I. The lowest BCUT2D eigenvalue weighted by atomic mass is 9.90. The van der Waals surface area contributed by atoms with Crippen LogP contribution < -0.4 is 16.0 Å². The van der Waals surface area contributed by atoms with E-state index in [1.807, 2.05) is 18.2 Å². The second-order valence-corrected chi connectivity index (χ2v) is 7.48. The van der Waals surface area contributed by atoms with E-state index >= 15 is 0 Å². The van der Waals surface area contributed by atoms with Gasteiger partial charge < -0.3 is 20.9 Å². The number of hydrogen-bond acceptors (Lipinski definition) is 3. The summed E-state index contributed by atoms with van der Waals surface area (Å²) < 4.78 is 0. The molecule has 3 N–H and O–H groups in total. The Hall–Kier alpha value is -1.35. The quantitative estimate of drug-likeness (QED) is 0.291. The number of anilines is 1. The van der Waals surface area contributed by atoms with Crippen molar-refractivity contribution in [3.05, 3.63) is 29.8 Å². The number of benzene rings is 1. The minimum atomic E-state index is 0. The first kappa shape index (κ1) is 24.7. The first-order chi connectivity index (χ1) is 13.0. The van der Waals surface area contributed by atoms with Gasteiger partial charge in [0.25, 0.3) is 0 Å². The molecule has 0 aromatic heterocycles. The first-order valence-electron chi connectivity index (χ1n) is 9.99. The second-order valence-electron chi connectivity index (χ2n) is 7.48. The Kier molecular flexibility index (Phi) is 10.8. The molecular weight excluding hydrogens is 465 g/mol. The standard InChI is InChI=1S/C21H35N5O.HI/c1-6-15(7-2)19(26(4)5)14-24-21(22-3)23-13-16-12-20(27)25-18-11-9-8-10-17(16)18;/h8-11,15-16,19H,6-7,12-14H2,1-5H3,(H,25,27)(H2,22,23,24);1H. The van der Waals surface area contributed by atoms with Gasteiger partial charge in [0.2, 0.25) is 5.91 Å². The molecule has 2 unspecified atom stereocenters. The minimum absolute atomic E-state index is 0. The molecule has 0 radical (unpaired) electrons. The van der Waals surface area contributed by atoms with Crippen LogP contribution in [0.2, 0.25) is 0 Å². The maximum atomic E-state index is 12.0. The fraction of sp³-hybridized carbons (Fsp3) is 0.619. The predicted octanol–water partition coefficient (Wildman–Crippen LogP) is 3.26. The molecule has 1 aromatic carbocycles. The van der Waals surface area contributed by atoms with E-state index in [4.69, 9.17) is 0 Å². The highest BCUT2D eigenvalue weighted by Crippen LogP contribution is 2.31. The molecule has 0 saturated carbocycles. The van der Waals surface area contributed by atoms with E-state index in [9.17, 15) is 4.79 Å². The van der Waals surface area contributed by atoms with Gasteiger partial charge in [-0.05, 0) is 31.6 Å². The highest BCUT2D eigenvalue weighted by molar-refractivity contribution is 14.0. The summed E-state index contributed by atoms with van der Waals surface area (Å²) in [6.07, 6.45) is 2.83. The van der Waals surface area contributed by atoms with E-state index in [0.29, 0.717) is 24.9 Å². The number of rotatable bonds is 8. The summed E-state index contributed by atoms with van der Waals surface area (Å²) in [7, 11) is 6.06. The number of carbonyl (C=O) groups excluding carboxylic acids is 1. The fourth-order valence-corrected chi connectivity index (χ4v) is 3.93. The van der Waals surface area contributed by atoms with Crippen LogP contribution in [0.3, 0.4) is 0 Å². The number of para-hydroxylation sites is 1. The van der Waals surface area contributed by atoms with Gasteiger partial charge in [0.1, 0.15) is 0 Å². The maximum Gasteiger partial charge on any atom is 0.225 e. The molecule has 7 heteroatoms. The van der Waals surface area contributed by atoms with Crippen molar-refractivity contribution in [2.75, 3.05) is 39.5 Å². The van der Waals surface area contributed by atoms with Crippen molar-refractivity contribution in [2.24, 2.45) is 10.9 Å². The Bertz CT molecular complexity index is 645. The summed E-state index contributed by atoms with van der Waals surface area (Å²) in [6.45, 7) is 6.04. The number of aliphatic imine (C=N–C) groups is 1. The van der Waals surface area contributed by atoms with Gasteiger partial charge in [-0.25, -0.2) is 0 Å². The molecule has 2 atom stereocenters. The zero-order chi connectivity index (χ0) is 19.8. The average Bonchev–Trinajstić information content (AvgIpc) is 2.66. The van der Waals surface area contributed by atoms with Gasteiger partial charge in [-0.3, -0.25) is 9.79 Å². The van der Waals surface area contributed by atoms with Crippen molar-refractivity contribution >= 4 is 41.5 Å². The number of fused-ring (bicyclic) bond motifs is 1. The van der Waals surface area contributed by atoms with Crippen LogP contribution in [0, 0.1) is 5.92 Å². The molecule has 28 heavy (non-hydrogen) atoms. The summed E-state index contributed by atoms with van der Waals surface area (Å²) in [5, 5.41) is 9.83. The summed E-state index contributed by atoms with van der Waals surface area (Å²) in [4.78, 5) is 18.6. The highest BCUT2D eigenvalue weighted by atomic mass is 127. The number of amides is 1. The number of nitrogens with one attached hydrogen (secondary N) is 3. The first-order valence-corrected chi connectivity index (χ1v) is 9.99.